The number of aliphatic hydroxyl groups excluding tert-OH is 1. The van der Waals surface area contributed by atoms with Gasteiger partial charge in [0.1, 0.15) is 5.82 Å². The van der Waals surface area contributed by atoms with Gasteiger partial charge in [-0.15, -0.1) is 0 Å². The molecular formula is C18H25N5O. The second kappa shape index (κ2) is 7.59. The fourth-order valence-electron chi connectivity index (χ4n) is 3.04. The van der Waals surface area contributed by atoms with Gasteiger partial charge >= 0.3 is 0 Å². The van der Waals surface area contributed by atoms with Crippen molar-refractivity contribution in [3.05, 3.63) is 47.7 Å². The maximum atomic E-state index is 10.4. The molecule has 128 valence electrons. The lowest BCUT2D eigenvalue weighted by Crippen LogP contribution is -2.34. The normalized spacial score (nSPS) is 19.1. The summed E-state index contributed by atoms with van der Waals surface area (Å²) in [7, 11) is 1.85. The van der Waals surface area contributed by atoms with Crippen LogP contribution < -0.4 is 10.2 Å². The highest BCUT2D eigenvalue weighted by Crippen LogP contribution is 2.17. The number of β-amino-alcohol motifs (C(OH)–C–C–N with tert-alkyl or cyclic N) is 1. The first kappa shape index (κ1) is 16.7. The minimum atomic E-state index is -0.418. The molecule has 24 heavy (non-hydrogen) atoms. The van der Waals surface area contributed by atoms with E-state index in [4.69, 9.17) is 0 Å². The zero-order valence-corrected chi connectivity index (χ0v) is 14.3. The Balaban J connectivity index is 1.71. The van der Waals surface area contributed by atoms with E-state index in [1.54, 1.807) is 0 Å². The van der Waals surface area contributed by atoms with Crippen LogP contribution in [-0.2, 0) is 6.54 Å². The Morgan fingerprint density at radius 1 is 1.17 bits per heavy atom. The highest BCUT2D eigenvalue weighted by molar-refractivity contribution is 5.43. The third-order valence-corrected chi connectivity index (χ3v) is 4.22. The molecule has 1 aromatic carbocycles. The smallest absolute Gasteiger partial charge is 0.227 e. The van der Waals surface area contributed by atoms with Gasteiger partial charge in [0, 0.05) is 51.5 Å². The Bertz CT molecular complexity index is 664. The summed E-state index contributed by atoms with van der Waals surface area (Å²) in [5.74, 6) is 1.48. The Morgan fingerprint density at radius 2 is 1.96 bits per heavy atom. The van der Waals surface area contributed by atoms with E-state index in [9.17, 15) is 5.11 Å². The van der Waals surface area contributed by atoms with E-state index in [-0.39, 0.29) is 0 Å². The minimum absolute atomic E-state index is 0.418. The van der Waals surface area contributed by atoms with Gasteiger partial charge < -0.3 is 15.3 Å². The van der Waals surface area contributed by atoms with Crippen LogP contribution in [0.5, 0.6) is 0 Å². The van der Waals surface area contributed by atoms with Crippen LogP contribution in [0.2, 0.25) is 0 Å². The summed E-state index contributed by atoms with van der Waals surface area (Å²) in [5.41, 5.74) is 2.19. The van der Waals surface area contributed by atoms with E-state index in [0.29, 0.717) is 19.0 Å². The van der Waals surface area contributed by atoms with Crippen molar-refractivity contribution < 1.29 is 5.11 Å². The van der Waals surface area contributed by atoms with E-state index in [1.165, 1.54) is 5.56 Å². The van der Waals surface area contributed by atoms with Crippen molar-refractivity contribution in [1.82, 2.24) is 14.9 Å². The van der Waals surface area contributed by atoms with Crippen LogP contribution in [0, 0.1) is 6.92 Å². The molecule has 0 spiro atoms. The molecule has 1 aliphatic rings. The monoisotopic (exact) mass is 327 g/mol. The zero-order chi connectivity index (χ0) is 16.9. The van der Waals surface area contributed by atoms with Gasteiger partial charge in [-0.25, -0.2) is 4.98 Å². The molecule has 6 heteroatoms. The molecule has 1 fully saturated rings. The molecular weight excluding hydrogens is 302 g/mol. The van der Waals surface area contributed by atoms with Crippen LogP contribution in [0.3, 0.4) is 0 Å². The van der Waals surface area contributed by atoms with Gasteiger partial charge in [0.05, 0.1) is 6.10 Å². The number of anilines is 2. The lowest BCUT2D eigenvalue weighted by molar-refractivity contribution is 0.129. The highest BCUT2D eigenvalue weighted by atomic mass is 16.3. The molecule has 1 saturated heterocycles. The van der Waals surface area contributed by atoms with Crippen molar-refractivity contribution in [3.8, 4) is 0 Å². The van der Waals surface area contributed by atoms with Crippen LogP contribution in [0.15, 0.2) is 36.4 Å². The van der Waals surface area contributed by atoms with Gasteiger partial charge in [0.2, 0.25) is 5.95 Å². The molecule has 1 aromatic heterocycles. The van der Waals surface area contributed by atoms with E-state index in [1.807, 2.05) is 26.1 Å². The maximum Gasteiger partial charge on any atom is 0.227 e. The average Bonchev–Trinajstić information content (AvgIpc) is 2.76. The van der Waals surface area contributed by atoms with Crippen LogP contribution >= 0.6 is 0 Å². The number of rotatable bonds is 4. The first-order chi connectivity index (χ1) is 11.6. The van der Waals surface area contributed by atoms with Gasteiger partial charge in [-0.2, -0.15) is 4.98 Å². The number of nitrogens with one attached hydrogen (secondary N) is 1. The number of aliphatic hydroxyl groups is 1. The van der Waals surface area contributed by atoms with Gasteiger partial charge in [-0.05, 0) is 12.5 Å². The molecule has 0 unspecified atom stereocenters. The summed E-state index contributed by atoms with van der Waals surface area (Å²) in [6.07, 6.45) is -0.418. The van der Waals surface area contributed by atoms with Crippen molar-refractivity contribution in [3.63, 3.8) is 0 Å². The van der Waals surface area contributed by atoms with Gasteiger partial charge in [0.25, 0.3) is 0 Å². The first-order valence-electron chi connectivity index (χ1n) is 8.37. The summed E-state index contributed by atoms with van der Waals surface area (Å²) in [5, 5.41) is 13.5. The summed E-state index contributed by atoms with van der Waals surface area (Å²) < 4.78 is 0. The third kappa shape index (κ3) is 4.21. The molecule has 2 N–H and O–H groups in total. The standard InChI is InChI=1S/C18H25N5O/c1-14-10-17(19-2)21-18(20-14)23-9-8-22(12-16(24)13-23)11-15-6-4-3-5-7-15/h3-7,10,16,24H,8-9,11-13H2,1-2H3,(H,19,20,21)/t16-/m1/s1. The second-order valence-corrected chi connectivity index (χ2v) is 6.27. The number of aromatic nitrogens is 2. The van der Waals surface area contributed by atoms with Gasteiger partial charge in [-0.1, -0.05) is 30.3 Å². The zero-order valence-electron chi connectivity index (χ0n) is 14.3. The first-order valence-corrected chi connectivity index (χ1v) is 8.37. The molecule has 0 aliphatic carbocycles. The average molecular weight is 327 g/mol. The number of nitrogens with zero attached hydrogens (tertiary/aromatic N) is 4. The predicted molar refractivity (Wildman–Crippen MR) is 96.3 cm³/mol. The van der Waals surface area contributed by atoms with Crippen molar-refractivity contribution in [2.45, 2.75) is 19.6 Å². The lowest BCUT2D eigenvalue weighted by atomic mass is 10.2. The molecule has 1 aliphatic heterocycles. The molecule has 0 bridgehead atoms. The Labute approximate surface area is 143 Å². The molecule has 2 heterocycles. The summed E-state index contributed by atoms with van der Waals surface area (Å²) in [6, 6.07) is 12.3. The van der Waals surface area contributed by atoms with Crippen molar-refractivity contribution in [2.24, 2.45) is 0 Å². The highest BCUT2D eigenvalue weighted by Gasteiger charge is 2.23. The van der Waals surface area contributed by atoms with Crippen molar-refractivity contribution >= 4 is 11.8 Å². The van der Waals surface area contributed by atoms with Crippen LogP contribution in [-0.4, -0.2) is 59.3 Å². The van der Waals surface area contributed by atoms with E-state index in [0.717, 1.165) is 31.1 Å². The fourth-order valence-corrected chi connectivity index (χ4v) is 3.04. The fraction of sp³-hybridized carbons (Fsp3) is 0.444. The van der Waals surface area contributed by atoms with E-state index >= 15 is 0 Å². The van der Waals surface area contributed by atoms with E-state index < -0.39 is 6.10 Å². The summed E-state index contributed by atoms with van der Waals surface area (Å²) in [4.78, 5) is 13.4. The number of hydrogen-bond acceptors (Lipinski definition) is 6. The topological polar surface area (TPSA) is 64.5 Å². The third-order valence-electron chi connectivity index (χ3n) is 4.22. The molecule has 1 atom stereocenters. The SMILES string of the molecule is CNc1cc(C)nc(N2CCN(Cc3ccccc3)C[C@@H](O)C2)n1. The number of aryl methyl sites for hydroxylation is 1. The van der Waals surface area contributed by atoms with Crippen LogP contribution in [0.4, 0.5) is 11.8 Å². The predicted octanol–water partition coefficient (Wildman–Crippen LogP) is 1.51. The summed E-state index contributed by atoms with van der Waals surface area (Å²) in [6.45, 7) is 5.70. The number of hydrogen-bond donors (Lipinski definition) is 2. The Morgan fingerprint density at radius 3 is 2.71 bits per heavy atom. The Kier molecular flexibility index (Phi) is 5.27. The van der Waals surface area contributed by atoms with Crippen molar-refractivity contribution in [2.75, 3.05) is 43.4 Å². The number of benzene rings is 1. The van der Waals surface area contributed by atoms with E-state index in [2.05, 4.69) is 49.4 Å². The van der Waals surface area contributed by atoms with Gasteiger partial charge in [0.15, 0.2) is 0 Å². The van der Waals surface area contributed by atoms with Crippen molar-refractivity contribution in [1.29, 1.82) is 0 Å². The quantitative estimate of drug-likeness (QED) is 0.887. The largest absolute Gasteiger partial charge is 0.390 e. The molecule has 0 radical (unpaired) electrons. The lowest BCUT2D eigenvalue weighted by Gasteiger charge is -2.22. The molecule has 0 saturated carbocycles. The summed E-state index contributed by atoms with van der Waals surface area (Å²) >= 11 is 0. The van der Waals surface area contributed by atoms with Crippen LogP contribution in [0.1, 0.15) is 11.3 Å². The maximum absolute atomic E-state index is 10.4. The molecule has 0 amide bonds. The Hall–Kier alpha value is -2.18. The molecule has 2 aromatic rings. The minimum Gasteiger partial charge on any atom is -0.390 e. The second-order valence-electron chi connectivity index (χ2n) is 6.27. The molecule has 6 nitrogen and oxygen atoms in total. The van der Waals surface area contributed by atoms with Crippen LogP contribution in [0.25, 0.3) is 0 Å². The van der Waals surface area contributed by atoms with Gasteiger partial charge in [-0.3, -0.25) is 4.90 Å². The molecule has 3 rings (SSSR count).